The Hall–Kier alpha value is -2.89. The molecule has 3 N–H and O–H groups in total. The minimum atomic E-state index is -0.411. The number of hydrogen-bond acceptors (Lipinski definition) is 5. The second kappa shape index (κ2) is 6.55. The molecule has 132 valence electrons. The van der Waals surface area contributed by atoms with Crippen LogP contribution in [0.15, 0.2) is 42.5 Å². The fraction of sp³-hybridized carbons (Fsp3) is 0.316. The van der Waals surface area contributed by atoms with E-state index < -0.39 is 5.60 Å². The van der Waals surface area contributed by atoms with Crippen molar-refractivity contribution < 1.29 is 14.3 Å². The van der Waals surface area contributed by atoms with Gasteiger partial charge in [0.1, 0.15) is 17.1 Å². The van der Waals surface area contributed by atoms with E-state index in [1.165, 1.54) is 0 Å². The average molecular weight is 341 g/mol. The van der Waals surface area contributed by atoms with Crippen LogP contribution in [0.4, 0.5) is 17.1 Å². The molecule has 1 amide bonds. The van der Waals surface area contributed by atoms with Gasteiger partial charge in [0.05, 0.1) is 31.6 Å². The summed E-state index contributed by atoms with van der Waals surface area (Å²) in [6.07, 6.45) is 0. The minimum absolute atomic E-state index is 0.120. The molecule has 6 heteroatoms. The van der Waals surface area contributed by atoms with Crippen LogP contribution < -0.4 is 25.4 Å². The Balaban J connectivity index is 1.79. The maximum Gasteiger partial charge on any atom is 0.243 e. The molecule has 25 heavy (non-hydrogen) atoms. The minimum Gasteiger partial charge on any atom is -0.495 e. The third kappa shape index (κ3) is 3.79. The second-order valence-electron chi connectivity index (χ2n) is 6.69. The van der Waals surface area contributed by atoms with Gasteiger partial charge in [-0.2, -0.15) is 0 Å². The standard InChI is InChI=1S/C19H23N3O3/c1-19(2)12-22(15-9-8-13(20)10-17(15)25-19)11-18(23)21-14-6-4-5-7-16(14)24-3/h4-10H,11-12,20H2,1-3H3,(H,21,23). The summed E-state index contributed by atoms with van der Waals surface area (Å²) in [5, 5.41) is 2.91. The number of hydrogen-bond donors (Lipinski definition) is 2. The van der Waals surface area contributed by atoms with Gasteiger partial charge in [0.2, 0.25) is 5.91 Å². The number of nitrogens with one attached hydrogen (secondary N) is 1. The van der Waals surface area contributed by atoms with Gasteiger partial charge in [-0.1, -0.05) is 12.1 Å². The van der Waals surface area contributed by atoms with Gasteiger partial charge in [0.25, 0.3) is 0 Å². The third-order valence-electron chi connectivity index (χ3n) is 4.00. The number of fused-ring (bicyclic) bond motifs is 1. The summed E-state index contributed by atoms with van der Waals surface area (Å²) in [5.41, 5.74) is 7.60. The number of amides is 1. The Morgan fingerprint density at radius 2 is 2.08 bits per heavy atom. The van der Waals surface area contributed by atoms with Gasteiger partial charge in [-0.05, 0) is 38.1 Å². The maximum atomic E-state index is 12.6. The first-order valence-electron chi connectivity index (χ1n) is 8.14. The van der Waals surface area contributed by atoms with Crippen molar-refractivity contribution in [3.8, 4) is 11.5 Å². The molecule has 0 bridgehead atoms. The molecule has 1 aliphatic rings. The van der Waals surface area contributed by atoms with Gasteiger partial charge in [0, 0.05) is 11.8 Å². The van der Waals surface area contributed by atoms with Crippen LogP contribution in [0, 0.1) is 0 Å². The normalized spacial score (nSPS) is 15.1. The molecule has 0 fully saturated rings. The molecule has 1 aliphatic heterocycles. The lowest BCUT2D eigenvalue weighted by Gasteiger charge is -2.40. The fourth-order valence-electron chi connectivity index (χ4n) is 3.00. The van der Waals surface area contributed by atoms with E-state index in [0.717, 1.165) is 5.69 Å². The Morgan fingerprint density at radius 1 is 1.32 bits per heavy atom. The fourth-order valence-corrected chi connectivity index (χ4v) is 3.00. The number of nitrogens with zero attached hydrogens (tertiary/aromatic N) is 1. The zero-order chi connectivity index (χ0) is 18.0. The number of carbonyl (C=O) groups is 1. The van der Waals surface area contributed by atoms with Crippen molar-refractivity contribution in [2.75, 3.05) is 36.1 Å². The summed E-state index contributed by atoms with van der Waals surface area (Å²) < 4.78 is 11.3. The molecule has 0 saturated carbocycles. The lowest BCUT2D eigenvalue weighted by molar-refractivity contribution is -0.115. The van der Waals surface area contributed by atoms with E-state index in [2.05, 4.69) is 5.32 Å². The molecule has 0 spiro atoms. The molecular weight excluding hydrogens is 318 g/mol. The lowest BCUT2D eigenvalue weighted by Crippen LogP contribution is -2.49. The van der Waals surface area contributed by atoms with Crippen LogP contribution in [-0.2, 0) is 4.79 Å². The average Bonchev–Trinajstić information content (AvgIpc) is 2.53. The molecule has 1 heterocycles. The highest BCUT2D eigenvalue weighted by atomic mass is 16.5. The first kappa shape index (κ1) is 17.0. The molecule has 3 rings (SSSR count). The molecule has 0 aliphatic carbocycles. The van der Waals surface area contributed by atoms with Gasteiger partial charge in [-0.3, -0.25) is 4.79 Å². The highest BCUT2D eigenvalue weighted by Gasteiger charge is 2.32. The predicted molar refractivity (Wildman–Crippen MR) is 99.4 cm³/mol. The van der Waals surface area contributed by atoms with E-state index in [9.17, 15) is 4.79 Å². The number of nitrogen functional groups attached to an aromatic ring is 1. The van der Waals surface area contributed by atoms with Gasteiger partial charge < -0.3 is 25.4 Å². The smallest absolute Gasteiger partial charge is 0.243 e. The van der Waals surface area contributed by atoms with Crippen molar-refractivity contribution in [3.05, 3.63) is 42.5 Å². The molecule has 2 aromatic rings. The predicted octanol–water partition coefficient (Wildman–Crippen LogP) is 2.89. The van der Waals surface area contributed by atoms with Crippen molar-refractivity contribution in [3.63, 3.8) is 0 Å². The molecule has 2 aromatic carbocycles. The van der Waals surface area contributed by atoms with Crippen LogP contribution in [0.3, 0.4) is 0 Å². The van der Waals surface area contributed by atoms with E-state index >= 15 is 0 Å². The zero-order valence-electron chi connectivity index (χ0n) is 14.7. The van der Waals surface area contributed by atoms with E-state index in [0.29, 0.717) is 29.4 Å². The third-order valence-corrected chi connectivity index (χ3v) is 4.00. The number of rotatable bonds is 4. The molecule has 6 nitrogen and oxygen atoms in total. The number of anilines is 3. The highest BCUT2D eigenvalue weighted by molar-refractivity contribution is 5.95. The van der Waals surface area contributed by atoms with Gasteiger partial charge in [-0.25, -0.2) is 0 Å². The molecule has 0 saturated heterocycles. The molecule has 0 radical (unpaired) electrons. The van der Waals surface area contributed by atoms with Crippen LogP contribution >= 0.6 is 0 Å². The Morgan fingerprint density at radius 3 is 2.84 bits per heavy atom. The summed E-state index contributed by atoms with van der Waals surface area (Å²) in [4.78, 5) is 14.6. The SMILES string of the molecule is COc1ccccc1NC(=O)CN1CC(C)(C)Oc2cc(N)ccc21. The summed E-state index contributed by atoms with van der Waals surface area (Å²) in [7, 11) is 1.58. The van der Waals surface area contributed by atoms with Crippen molar-refractivity contribution in [2.45, 2.75) is 19.4 Å². The van der Waals surface area contributed by atoms with Gasteiger partial charge in [-0.15, -0.1) is 0 Å². The van der Waals surface area contributed by atoms with Crippen molar-refractivity contribution in [1.82, 2.24) is 0 Å². The zero-order valence-corrected chi connectivity index (χ0v) is 14.7. The summed E-state index contributed by atoms with van der Waals surface area (Å²) in [5.74, 6) is 1.21. The van der Waals surface area contributed by atoms with Crippen molar-refractivity contribution in [2.24, 2.45) is 0 Å². The summed E-state index contributed by atoms with van der Waals surface area (Å²) in [6.45, 7) is 4.79. The summed E-state index contributed by atoms with van der Waals surface area (Å²) >= 11 is 0. The molecular formula is C19H23N3O3. The first-order valence-corrected chi connectivity index (χ1v) is 8.14. The van der Waals surface area contributed by atoms with Crippen LogP contribution in [0.25, 0.3) is 0 Å². The topological polar surface area (TPSA) is 76.8 Å². The van der Waals surface area contributed by atoms with Crippen LogP contribution in [0.5, 0.6) is 11.5 Å². The maximum absolute atomic E-state index is 12.6. The second-order valence-corrected chi connectivity index (χ2v) is 6.69. The van der Waals surface area contributed by atoms with Crippen molar-refractivity contribution in [1.29, 1.82) is 0 Å². The number of benzene rings is 2. The Kier molecular flexibility index (Phi) is 4.44. The quantitative estimate of drug-likeness (QED) is 0.836. The number of nitrogens with two attached hydrogens (primary N) is 1. The van der Waals surface area contributed by atoms with Gasteiger partial charge >= 0.3 is 0 Å². The molecule has 0 atom stereocenters. The van der Waals surface area contributed by atoms with Gasteiger partial charge in [0.15, 0.2) is 0 Å². The van der Waals surface area contributed by atoms with E-state index in [4.69, 9.17) is 15.2 Å². The van der Waals surface area contributed by atoms with E-state index in [1.54, 1.807) is 13.2 Å². The van der Waals surface area contributed by atoms with Crippen molar-refractivity contribution >= 4 is 23.0 Å². The number of para-hydroxylation sites is 2. The highest BCUT2D eigenvalue weighted by Crippen LogP contribution is 2.38. The van der Waals surface area contributed by atoms with E-state index in [-0.39, 0.29) is 12.5 Å². The van der Waals surface area contributed by atoms with Crippen LogP contribution in [0.2, 0.25) is 0 Å². The Bertz CT molecular complexity index is 789. The lowest BCUT2D eigenvalue weighted by atomic mass is 10.0. The molecule has 0 aromatic heterocycles. The molecule has 0 unspecified atom stereocenters. The number of carbonyl (C=O) groups excluding carboxylic acids is 1. The number of methoxy groups -OCH3 is 1. The first-order chi connectivity index (χ1) is 11.9. The summed E-state index contributed by atoms with van der Waals surface area (Å²) in [6, 6.07) is 12.8. The largest absolute Gasteiger partial charge is 0.495 e. The van der Waals surface area contributed by atoms with Crippen LogP contribution in [-0.4, -0.2) is 31.7 Å². The van der Waals surface area contributed by atoms with Crippen LogP contribution in [0.1, 0.15) is 13.8 Å². The number of ether oxygens (including phenoxy) is 2. The monoisotopic (exact) mass is 341 g/mol. The Labute approximate surface area is 147 Å². The van der Waals surface area contributed by atoms with E-state index in [1.807, 2.05) is 55.1 Å².